The molecular weight excluding hydrogens is 320 g/mol. The molecule has 1 saturated carbocycles. The largest absolute Gasteiger partial charge is 0.475 e. The fourth-order valence-corrected chi connectivity index (χ4v) is 3.30. The Morgan fingerprint density at radius 3 is 3.04 bits per heavy atom. The minimum Gasteiger partial charge on any atom is -0.475 e. The quantitative estimate of drug-likeness (QED) is 0.682. The Balaban J connectivity index is 1.46. The highest BCUT2D eigenvalue weighted by Crippen LogP contribution is 2.37. The van der Waals surface area contributed by atoms with Crippen molar-refractivity contribution in [2.45, 2.75) is 31.7 Å². The number of rotatable bonds is 8. The normalized spacial score (nSPS) is 20.9. The molecular formula is C18H24N4O3. The van der Waals surface area contributed by atoms with Gasteiger partial charge in [0, 0.05) is 31.5 Å². The molecule has 7 heteroatoms. The molecule has 3 heterocycles. The minimum atomic E-state index is 0.265. The number of ether oxygens (including phenoxy) is 2. The topological polar surface area (TPSA) is 73.5 Å². The van der Waals surface area contributed by atoms with Crippen LogP contribution in [0.1, 0.15) is 37.6 Å². The zero-order valence-electron chi connectivity index (χ0n) is 14.6. The highest BCUT2D eigenvalue weighted by molar-refractivity contribution is 5.55. The van der Waals surface area contributed by atoms with Gasteiger partial charge in [-0.2, -0.15) is 4.98 Å². The Morgan fingerprint density at radius 1 is 1.28 bits per heavy atom. The van der Waals surface area contributed by atoms with Crippen LogP contribution in [0.4, 0.5) is 0 Å². The molecule has 1 aliphatic heterocycles. The highest BCUT2D eigenvalue weighted by atomic mass is 16.5. The second-order valence-corrected chi connectivity index (χ2v) is 6.78. The lowest BCUT2D eigenvalue weighted by molar-refractivity contribution is 0.144. The first-order valence-corrected chi connectivity index (χ1v) is 8.99. The average molecular weight is 344 g/mol. The van der Waals surface area contributed by atoms with Gasteiger partial charge in [-0.05, 0) is 44.2 Å². The molecule has 4 rings (SSSR count). The average Bonchev–Trinajstić information content (AvgIpc) is 3.11. The van der Waals surface area contributed by atoms with Crippen LogP contribution in [0, 0.1) is 5.92 Å². The van der Waals surface area contributed by atoms with Crippen molar-refractivity contribution in [1.29, 1.82) is 0 Å². The molecule has 0 spiro atoms. The van der Waals surface area contributed by atoms with E-state index in [1.807, 2.05) is 12.1 Å². The summed E-state index contributed by atoms with van der Waals surface area (Å²) in [6.45, 7) is 3.28. The van der Waals surface area contributed by atoms with Crippen molar-refractivity contribution < 1.29 is 14.0 Å². The molecule has 1 saturated heterocycles. The first-order valence-electron chi connectivity index (χ1n) is 8.99. The van der Waals surface area contributed by atoms with Gasteiger partial charge in [0.1, 0.15) is 6.61 Å². The maximum atomic E-state index is 5.59. The first-order chi connectivity index (χ1) is 12.3. The molecule has 2 aliphatic rings. The summed E-state index contributed by atoms with van der Waals surface area (Å²) in [6, 6.07) is 3.97. The standard InChI is InChI=1S/C18H24N4O3/c1-23-9-10-24-16-11-14(6-7-19-16)17-20-18(25-21-17)15-3-2-8-22(15)12-13-4-5-13/h6-7,11,13,15H,2-5,8-10,12H2,1H3/t15-/m0/s1. The first kappa shape index (κ1) is 16.5. The van der Waals surface area contributed by atoms with Crippen LogP contribution in [0.3, 0.4) is 0 Å². The Morgan fingerprint density at radius 2 is 2.20 bits per heavy atom. The fourth-order valence-electron chi connectivity index (χ4n) is 3.30. The summed E-state index contributed by atoms with van der Waals surface area (Å²) in [5.74, 6) is 2.73. The summed E-state index contributed by atoms with van der Waals surface area (Å²) in [6.07, 6.45) is 6.71. The molecule has 7 nitrogen and oxygen atoms in total. The summed E-state index contributed by atoms with van der Waals surface area (Å²) in [5, 5.41) is 4.18. The van der Waals surface area contributed by atoms with Gasteiger partial charge in [-0.1, -0.05) is 5.16 Å². The van der Waals surface area contributed by atoms with Crippen molar-refractivity contribution >= 4 is 0 Å². The monoisotopic (exact) mass is 344 g/mol. The Labute approximate surface area is 147 Å². The highest BCUT2D eigenvalue weighted by Gasteiger charge is 2.34. The Hall–Kier alpha value is -1.99. The van der Waals surface area contributed by atoms with Gasteiger partial charge in [-0.3, -0.25) is 4.90 Å². The van der Waals surface area contributed by atoms with Gasteiger partial charge in [0.25, 0.3) is 0 Å². The van der Waals surface area contributed by atoms with Crippen molar-refractivity contribution in [3.05, 3.63) is 24.2 Å². The molecule has 0 amide bonds. The smallest absolute Gasteiger partial charge is 0.244 e. The van der Waals surface area contributed by atoms with Crippen LogP contribution >= 0.6 is 0 Å². The van der Waals surface area contributed by atoms with Crippen LogP contribution in [-0.4, -0.2) is 53.4 Å². The number of hydrogen-bond acceptors (Lipinski definition) is 7. The Kier molecular flexibility index (Phi) is 4.94. The van der Waals surface area contributed by atoms with Gasteiger partial charge in [-0.25, -0.2) is 4.98 Å². The molecule has 0 bridgehead atoms. The van der Waals surface area contributed by atoms with Gasteiger partial charge in [0.2, 0.25) is 17.6 Å². The van der Waals surface area contributed by atoms with Gasteiger partial charge >= 0.3 is 0 Å². The van der Waals surface area contributed by atoms with Gasteiger partial charge < -0.3 is 14.0 Å². The summed E-state index contributed by atoms with van der Waals surface area (Å²) in [7, 11) is 1.64. The summed E-state index contributed by atoms with van der Waals surface area (Å²) in [5.41, 5.74) is 0.851. The molecule has 1 aliphatic carbocycles. The molecule has 25 heavy (non-hydrogen) atoms. The summed E-state index contributed by atoms with van der Waals surface area (Å²) in [4.78, 5) is 11.4. The van der Waals surface area contributed by atoms with Crippen molar-refractivity contribution in [3.8, 4) is 17.3 Å². The molecule has 1 atom stereocenters. The van der Waals surface area contributed by atoms with Crippen LogP contribution in [0.15, 0.2) is 22.9 Å². The third-order valence-corrected chi connectivity index (χ3v) is 4.81. The lowest BCUT2D eigenvalue weighted by atomic mass is 10.2. The van der Waals surface area contributed by atoms with Crippen LogP contribution in [-0.2, 0) is 4.74 Å². The second-order valence-electron chi connectivity index (χ2n) is 6.78. The number of aromatic nitrogens is 3. The number of likely N-dealkylation sites (tertiary alicyclic amines) is 1. The predicted octanol–water partition coefficient (Wildman–Crippen LogP) is 2.70. The van der Waals surface area contributed by atoms with E-state index in [1.54, 1.807) is 13.3 Å². The molecule has 0 radical (unpaired) electrons. The lowest BCUT2D eigenvalue weighted by Gasteiger charge is -2.20. The zero-order valence-corrected chi connectivity index (χ0v) is 14.6. The summed E-state index contributed by atoms with van der Waals surface area (Å²) >= 11 is 0. The van der Waals surface area contributed by atoms with Crippen LogP contribution in [0.25, 0.3) is 11.4 Å². The maximum absolute atomic E-state index is 5.59. The lowest BCUT2D eigenvalue weighted by Crippen LogP contribution is -2.25. The van der Waals surface area contributed by atoms with Gasteiger partial charge in [-0.15, -0.1) is 0 Å². The summed E-state index contributed by atoms with van der Waals surface area (Å²) < 4.78 is 16.1. The second kappa shape index (κ2) is 7.49. The molecule has 0 N–H and O–H groups in total. The molecule has 2 aromatic rings. The van der Waals surface area contributed by atoms with Gasteiger partial charge in [0.05, 0.1) is 12.6 Å². The van der Waals surface area contributed by atoms with Crippen LogP contribution in [0.5, 0.6) is 5.88 Å². The van der Waals surface area contributed by atoms with Crippen LogP contribution < -0.4 is 4.74 Å². The number of nitrogens with zero attached hydrogens (tertiary/aromatic N) is 4. The molecule has 134 valence electrons. The van der Waals surface area contributed by atoms with Crippen molar-refractivity contribution in [2.75, 3.05) is 33.4 Å². The zero-order chi connectivity index (χ0) is 17.1. The van der Waals surface area contributed by atoms with Gasteiger partial charge in [0.15, 0.2) is 0 Å². The molecule has 2 aromatic heterocycles. The molecule has 0 unspecified atom stereocenters. The van der Waals surface area contributed by atoms with E-state index in [0.29, 0.717) is 24.9 Å². The van der Waals surface area contributed by atoms with E-state index in [4.69, 9.17) is 14.0 Å². The van der Waals surface area contributed by atoms with Crippen molar-refractivity contribution in [1.82, 2.24) is 20.0 Å². The predicted molar refractivity (Wildman–Crippen MR) is 91.2 cm³/mol. The number of pyridine rings is 1. The van der Waals surface area contributed by atoms with Crippen molar-refractivity contribution in [3.63, 3.8) is 0 Å². The Bertz CT molecular complexity index is 701. The third-order valence-electron chi connectivity index (χ3n) is 4.81. The maximum Gasteiger partial charge on any atom is 0.244 e. The van der Waals surface area contributed by atoms with Crippen molar-refractivity contribution in [2.24, 2.45) is 5.92 Å². The van der Waals surface area contributed by atoms with E-state index < -0.39 is 0 Å². The van der Waals surface area contributed by atoms with E-state index in [9.17, 15) is 0 Å². The minimum absolute atomic E-state index is 0.265. The fraction of sp³-hybridized carbons (Fsp3) is 0.611. The third kappa shape index (κ3) is 3.99. The SMILES string of the molecule is COCCOc1cc(-c2noc([C@@H]3CCCN3CC3CC3)n2)ccn1. The van der Waals surface area contributed by atoms with E-state index in [2.05, 4.69) is 20.0 Å². The molecule has 0 aromatic carbocycles. The van der Waals surface area contributed by atoms with Crippen LogP contribution in [0.2, 0.25) is 0 Å². The van der Waals surface area contributed by atoms with E-state index in [0.717, 1.165) is 36.9 Å². The molecule has 2 fully saturated rings. The number of hydrogen-bond donors (Lipinski definition) is 0. The van der Waals surface area contributed by atoms with E-state index in [-0.39, 0.29) is 6.04 Å². The van der Waals surface area contributed by atoms with E-state index in [1.165, 1.54) is 19.3 Å². The number of methoxy groups -OCH3 is 1. The van der Waals surface area contributed by atoms with E-state index >= 15 is 0 Å².